The van der Waals surface area contributed by atoms with E-state index in [9.17, 15) is 13.2 Å². The van der Waals surface area contributed by atoms with E-state index in [0.29, 0.717) is 11.3 Å². The predicted molar refractivity (Wildman–Crippen MR) is 127 cm³/mol. The number of halogens is 3. The molecule has 3 aromatic carbocycles. The van der Waals surface area contributed by atoms with Crippen LogP contribution in [0.4, 0.5) is 13.2 Å². The zero-order valence-electron chi connectivity index (χ0n) is 18.3. The molecule has 0 N–H and O–H groups in total. The fourth-order valence-corrected chi connectivity index (χ4v) is 3.22. The summed E-state index contributed by atoms with van der Waals surface area (Å²) in [6.07, 6.45) is -0.890. The van der Waals surface area contributed by atoms with Crippen LogP contribution in [0.5, 0.6) is 0 Å². The molecule has 0 spiro atoms. The Morgan fingerprint density at radius 2 is 1.31 bits per heavy atom. The summed E-state index contributed by atoms with van der Waals surface area (Å²) in [7, 11) is 0. The molecule has 0 amide bonds. The van der Waals surface area contributed by atoms with Crippen molar-refractivity contribution in [2.45, 2.75) is 6.18 Å². The second-order valence-corrected chi connectivity index (χ2v) is 7.28. The zero-order chi connectivity index (χ0) is 23.8. The van der Waals surface area contributed by atoms with E-state index in [1.54, 1.807) is 24.4 Å². The number of rotatable bonds is 3. The fraction of sp³-hybridized carbons (Fsp3) is 0.0345. The van der Waals surface area contributed by atoms with Gasteiger partial charge in [0.05, 0.1) is 0 Å². The summed E-state index contributed by atoms with van der Waals surface area (Å²) >= 11 is 0. The van der Waals surface area contributed by atoms with Gasteiger partial charge in [0.15, 0.2) is 0 Å². The molecule has 0 saturated carbocycles. The van der Waals surface area contributed by atoms with E-state index >= 15 is 0 Å². The first kappa shape index (κ1) is 26.0. The molecule has 0 aliphatic heterocycles. The third-order valence-electron chi connectivity index (χ3n) is 4.93. The third kappa shape index (κ3) is 7.19. The van der Waals surface area contributed by atoms with Gasteiger partial charge < -0.3 is 9.97 Å². The summed E-state index contributed by atoms with van der Waals surface area (Å²) in [5.41, 5.74) is 4.82. The molecular weight excluding hydrogens is 626 g/mol. The van der Waals surface area contributed by atoms with Crippen LogP contribution in [-0.2, 0) is 26.3 Å². The van der Waals surface area contributed by atoms with Crippen LogP contribution in [0.2, 0.25) is 0 Å². The smallest absolute Gasteiger partial charge is 0.305 e. The number of aromatic nitrogens is 2. The van der Waals surface area contributed by atoms with Crippen LogP contribution in [0.3, 0.4) is 0 Å². The van der Waals surface area contributed by atoms with E-state index in [0.717, 1.165) is 23.4 Å². The van der Waals surface area contributed by atoms with Gasteiger partial charge in [-0.05, 0) is 40.2 Å². The van der Waals surface area contributed by atoms with Crippen molar-refractivity contribution >= 4 is 0 Å². The minimum atomic E-state index is -4.32. The van der Waals surface area contributed by atoms with Crippen molar-refractivity contribution < 1.29 is 33.3 Å². The Balaban J connectivity index is 0.000000192. The molecule has 5 rings (SSSR count). The first-order valence-electron chi connectivity index (χ1n) is 10.5. The fourth-order valence-electron chi connectivity index (χ4n) is 3.22. The molecule has 0 aliphatic carbocycles. The van der Waals surface area contributed by atoms with Crippen molar-refractivity contribution in [1.82, 2.24) is 9.97 Å². The molecular formula is C29H19F3IrN2-2. The Morgan fingerprint density at radius 1 is 0.600 bits per heavy atom. The van der Waals surface area contributed by atoms with Gasteiger partial charge in [0, 0.05) is 32.5 Å². The van der Waals surface area contributed by atoms with Crippen LogP contribution in [-0.4, -0.2) is 9.97 Å². The summed E-state index contributed by atoms with van der Waals surface area (Å²) in [5, 5.41) is 0. The minimum Gasteiger partial charge on any atom is -0.305 e. The molecule has 0 aliphatic rings. The third-order valence-corrected chi connectivity index (χ3v) is 4.93. The standard InChI is InChI=1S/C17H12N.C12H7F3N.Ir/c1-3-7-14(8-4-1)16-11-12-18-17(13-16)15-9-5-2-6-10-15;13-12(14,15)10-6-4-9(5-7-10)11-3-1-2-8-16-11;/h1-9,11-13H;1-4,6-8H;/q2*-1;. The van der Waals surface area contributed by atoms with Gasteiger partial charge in [-0.25, -0.2) is 0 Å². The first-order valence-corrected chi connectivity index (χ1v) is 10.5. The minimum absolute atomic E-state index is 0. The number of hydrogen-bond donors (Lipinski definition) is 0. The summed E-state index contributed by atoms with van der Waals surface area (Å²) in [4.78, 5) is 8.43. The van der Waals surface area contributed by atoms with E-state index in [4.69, 9.17) is 0 Å². The number of nitrogens with zero attached hydrogens (tertiary/aromatic N) is 2. The van der Waals surface area contributed by atoms with E-state index in [2.05, 4.69) is 40.3 Å². The normalized spacial score (nSPS) is 10.5. The maximum atomic E-state index is 12.3. The second kappa shape index (κ2) is 12.2. The van der Waals surface area contributed by atoms with Gasteiger partial charge in [0.1, 0.15) is 0 Å². The Kier molecular flexibility index (Phi) is 9.07. The van der Waals surface area contributed by atoms with Crippen molar-refractivity contribution in [2.24, 2.45) is 0 Å². The van der Waals surface area contributed by atoms with Crippen LogP contribution in [0.1, 0.15) is 5.56 Å². The second-order valence-electron chi connectivity index (χ2n) is 7.28. The van der Waals surface area contributed by atoms with E-state index in [1.807, 2.05) is 54.7 Å². The van der Waals surface area contributed by atoms with Crippen molar-refractivity contribution in [3.05, 3.63) is 133 Å². The SMILES string of the molecule is FC(F)(F)c1c[c-]c(-c2ccccn2)cc1.[Ir].[c-]1ccccc1-c1cc(-c2ccccc2)ccn1. The van der Waals surface area contributed by atoms with Crippen LogP contribution in [0, 0.1) is 12.1 Å². The summed E-state index contributed by atoms with van der Waals surface area (Å²) in [6.45, 7) is 0. The van der Waals surface area contributed by atoms with Crippen molar-refractivity contribution in [2.75, 3.05) is 0 Å². The molecule has 5 aromatic rings. The number of alkyl halides is 3. The van der Waals surface area contributed by atoms with Crippen molar-refractivity contribution in [1.29, 1.82) is 0 Å². The molecule has 1 radical (unpaired) electrons. The van der Waals surface area contributed by atoms with Crippen LogP contribution in [0.25, 0.3) is 33.6 Å². The largest absolute Gasteiger partial charge is 0.381 e. The van der Waals surface area contributed by atoms with E-state index in [1.165, 1.54) is 17.2 Å². The Morgan fingerprint density at radius 3 is 1.94 bits per heavy atom. The Labute approximate surface area is 215 Å². The molecule has 0 atom stereocenters. The summed E-state index contributed by atoms with van der Waals surface area (Å²) in [5.74, 6) is 0. The Bertz CT molecular complexity index is 1250. The van der Waals surface area contributed by atoms with Gasteiger partial charge in [-0.3, -0.25) is 0 Å². The van der Waals surface area contributed by atoms with Crippen molar-refractivity contribution in [3.8, 4) is 33.6 Å². The molecule has 2 aromatic heterocycles. The topological polar surface area (TPSA) is 25.8 Å². The Hall–Kier alpha value is -3.60. The summed E-state index contributed by atoms with van der Waals surface area (Å²) < 4.78 is 36.9. The van der Waals surface area contributed by atoms with Crippen molar-refractivity contribution in [3.63, 3.8) is 0 Å². The zero-order valence-corrected chi connectivity index (χ0v) is 20.7. The van der Waals surface area contributed by atoms with Crippen LogP contribution >= 0.6 is 0 Å². The quantitative estimate of drug-likeness (QED) is 0.188. The number of benzene rings is 3. The number of hydrogen-bond acceptors (Lipinski definition) is 2. The van der Waals surface area contributed by atoms with Gasteiger partial charge in [0.25, 0.3) is 0 Å². The van der Waals surface area contributed by atoms with Gasteiger partial charge >= 0.3 is 6.18 Å². The maximum absolute atomic E-state index is 12.3. The molecule has 35 heavy (non-hydrogen) atoms. The average Bonchev–Trinajstić information content (AvgIpc) is 2.90. The first-order chi connectivity index (χ1) is 16.5. The van der Waals surface area contributed by atoms with Gasteiger partial charge in [-0.1, -0.05) is 48.5 Å². The average molecular weight is 645 g/mol. The van der Waals surface area contributed by atoms with E-state index in [-0.39, 0.29) is 20.1 Å². The molecule has 0 fully saturated rings. The predicted octanol–water partition coefficient (Wildman–Crippen LogP) is 7.78. The number of pyridine rings is 2. The van der Waals surface area contributed by atoms with Crippen LogP contribution in [0.15, 0.2) is 116 Å². The monoisotopic (exact) mass is 645 g/mol. The molecule has 0 bridgehead atoms. The molecule has 2 heterocycles. The van der Waals surface area contributed by atoms with E-state index < -0.39 is 11.7 Å². The molecule has 6 heteroatoms. The van der Waals surface area contributed by atoms with Crippen LogP contribution < -0.4 is 0 Å². The molecule has 0 unspecified atom stereocenters. The molecule has 0 saturated heterocycles. The van der Waals surface area contributed by atoms with Gasteiger partial charge in [-0.2, -0.15) is 13.2 Å². The molecule has 2 nitrogen and oxygen atoms in total. The van der Waals surface area contributed by atoms with Gasteiger partial charge in [0.2, 0.25) is 0 Å². The molecule has 177 valence electrons. The summed E-state index contributed by atoms with van der Waals surface area (Å²) in [6, 6.07) is 36.7. The maximum Gasteiger partial charge on any atom is 0.381 e. The van der Waals surface area contributed by atoms with Gasteiger partial charge in [-0.15, -0.1) is 65.7 Å².